The number of cyclic esters (lactones) is 2. The molecule has 2 rings (SSSR count). The van der Waals surface area contributed by atoms with Gasteiger partial charge in [0.15, 0.2) is 0 Å². The molecule has 0 aromatic rings. The van der Waals surface area contributed by atoms with Gasteiger partial charge in [-0.25, -0.2) is 0 Å². The number of carbonyl (C=O) groups excluding carboxylic acids is 2. The summed E-state index contributed by atoms with van der Waals surface area (Å²) in [7, 11) is 0. The van der Waals surface area contributed by atoms with Gasteiger partial charge in [-0.2, -0.15) is 0 Å². The highest BCUT2D eigenvalue weighted by Crippen LogP contribution is 2.37. The minimum absolute atomic E-state index is 0.224. The van der Waals surface area contributed by atoms with Crippen LogP contribution in [0.5, 0.6) is 0 Å². The van der Waals surface area contributed by atoms with Crippen LogP contribution in [0.3, 0.4) is 0 Å². The molecular formula is C19H26O3. The molecule has 0 bridgehead atoms. The van der Waals surface area contributed by atoms with E-state index in [1.807, 2.05) is 0 Å². The van der Waals surface area contributed by atoms with Crippen molar-refractivity contribution in [3.05, 3.63) is 34.9 Å². The zero-order valence-corrected chi connectivity index (χ0v) is 13.9. The third kappa shape index (κ3) is 4.43. The smallest absolute Gasteiger partial charge is 0.317 e. The Morgan fingerprint density at radius 1 is 1.14 bits per heavy atom. The maximum absolute atomic E-state index is 11.6. The van der Waals surface area contributed by atoms with Crippen molar-refractivity contribution in [2.45, 2.75) is 59.3 Å². The zero-order valence-electron chi connectivity index (χ0n) is 13.9. The Morgan fingerprint density at radius 2 is 1.86 bits per heavy atom. The lowest BCUT2D eigenvalue weighted by Crippen LogP contribution is -2.21. The predicted molar refractivity (Wildman–Crippen MR) is 87.1 cm³/mol. The molecule has 2 aliphatic rings. The van der Waals surface area contributed by atoms with Crippen LogP contribution in [0.2, 0.25) is 0 Å². The Labute approximate surface area is 133 Å². The van der Waals surface area contributed by atoms with Crippen molar-refractivity contribution in [1.82, 2.24) is 0 Å². The van der Waals surface area contributed by atoms with E-state index in [1.165, 1.54) is 16.7 Å². The molecule has 120 valence electrons. The van der Waals surface area contributed by atoms with E-state index in [2.05, 4.69) is 39.0 Å². The molecule has 0 spiro atoms. The molecule has 2 unspecified atom stereocenters. The molecule has 0 amide bonds. The lowest BCUT2D eigenvalue weighted by molar-refractivity contribution is -0.153. The van der Waals surface area contributed by atoms with Crippen LogP contribution in [0, 0.1) is 11.8 Å². The first-order valence-corrected chi connectivity index (χ1v) is 8.20. The summed E-state index contributed by atoms with van der Waals surface area (Å²) < 4.78 is 4.73. The van der Waals surface area contributed by atoms with Gasteiger partial charge in [-0.05, 0) is 59.3 Å². The maximum atomic E-state index is 11.6. The number of esters is 2. The average molecular weight is 302 g/mol. The first-order valence-electron chi connectivity index (χ1n) is 8.20. The molecule has 3 heteroatoms. The summed E-state index contributed by atoms with van der Waals surface area (Å²) >= 11 is 0. The van der Waals surface area contributed by atoms with Gasteiger partial charge in [0.1, 0.15) is 0 Å². The van der Waals surface area contributed by atoms with Crippen molar-refractivity contribution < 1.29 is 14.3 Å². The molecule has 1 heterocycles. The third-order valence-electron chi connectivity index (χ3n) is 4.48. The van der Waals surface area contributed by atoms with Crippen LogP contribution in [0.4, 0.5) is 0 Å². The average Bonchev–Trinajstić information content (AvgIpc) is 2.73. The third-order valence-corrected chi connectivity index (χ3v) is 4.48. The largest absolute Gasteiger partial charge is 0.393 e. The van der Waals surface area contributed by atoms with Gasteiger partial charge >= 0.3 is 11.9 Å². The Bertz CT molecular complexity index is 533. The summed E-state index contributed by atoms with van der Waals surface area (Å²) in [5.74, 6) is -1.11. The normalized spacial score (nSPS) is 24.7. The van der Waals surface area contributed by atoms with Gasteiger partial charge in [0.2, 0.25) is 0 Å². The number of hydrogen-bond acceptors (Lipinski definition) is 3. The highest BCUT2D eigenvalue weighted by Gasteiger charge is 2.45. The second-order valence-electron chi connectivity index (χ2n) is 6.66. The van der Waals surface area contributed by atoms with Crippen molar-refractivity contribution in [2.24, 2.45) is 11.8 Å². The summed E-state index contributed by atoms with van der Waals surface area (Å²) in [6.45, 7) is 6.43. The summed E-state index contributed by atoms with van der Waals surface area (Å²) in [5, 5.41) is 0. The molecule has 3 nitrogen and oxygen atoms in total. The lowest BCUT2D eigenvalue weighted by atomic mass is 9.80. The standard InChI is InChI=1S/C19H26O3/c1-13(2)6-4-7-14(3)8-5-9-15-10-11-16-17(12-15)19(21)22-18(16)20/h6,8,10,16-17H,4-5,7,9,11-12H2,1-3H3/b14-8-. The van der Waals surface area contributed by atoms with Crippen molar-refractivity contribution >= 4 is 11.9 Å². The first kappa shape index (κ1) is 16.7. The SMILES string of the molecule is CC(C)=CCC/C(C)=C\CCC1=CCC2C(=O)OC(=O)C2C1. The Hall–Kier alpha value is -1.64. The molecular weight excluding hydrogens is 276 g/mol. The number of fused-ring (bicyclic) bond motifs is 1. The van der Waals surface area contributed by atoms with Gasteiger partial charge in [0, 0.05) is 0 Å². The van der Waals surface area contributed by atoms with Gasteiger partial charge in [0.05, 0.1) is 11.8 Å². The Morgan fingerprint density at radius 3 is 2.59 bits per heavy atom. The second-order valence-corrected chi connectivity index (χ2v) is 6.66. The molecule has 2 atom stereocenters. The first-order chi connectivity index (χ1) is 10.5. The summed E-state index contributed by atoms with van der Waals surface area (Å²) in [4.78, 5) is 23.1. The fourth-order valence-corrected chi connectivity index (χ4v) is 3.12. The van der Waals surface area contributed by atoms with E-state index < -0.39 is 0 Å². The highest BCUT2D eigenvalue weighted by molar-refractivity contribution is 5.96. The minimum atomic E-state index is -0.333. The monoisotopic (exact) mass is 302 g/mol. The van der Waals surface area contributed by atoms with Crippen LogP contribution in [-0.2, 0) is 14.3 Å². The van der Waals surface area contributed by atoms with Crippen LogP contribution in [-0.4, -0.2) is 11.9 Å². The van der Waals surface area contributed by atoms with Crippen LogP contribution in [0.15, 0.2) is 34.9 Å². The van der Waals surface area contributed by atoms with E-state index in [0.717, 1.165) is 25.7 Å². The van der Waals surface area contributed by atoms with Gasteiger partial charge < -0.3 is 4.74 Å². The molecule has 0 N–H and O–H groups in total. The molecule has 1 aliphatic carbocycles. The van der Waals surface area contributed by atoms with E-state index in [4.69, 9.17) is 4.74 Å². The van der Waals surface area contributed by atoms with E-state index in [0.29, 0.717) is 12.8 Å². The molecule has 0 radical (unpaired) electrons. The van der Waals surface area contributed by atoms with Crippen LogP contribution >= 0.6 is 0 Å². The topological polar surface area (TPSA) is 43.4 Å². The quantitative estimate of drug-likeness (QED) is 0.412. The van der Waals surface area contributed by atoms with Crippen molar-refractivity contribution in [2.75, 3.05) is 0 Å². The molecule has 1 saturated heterocycles. The molecule has 0 saturated carbocycles. The summed E-state index contributed by atoms with van der Waals surface area (Å²) in [6, 6.07) is 0. The van der Waals surface area contributed by atoms with Gasteiger partial charge in [-0.1, -0.05) is 34.9 Å². The fraction of sp³-hybridized carbons (Fsp3) is 0.579. The second kappa shape index (κ2) is 7.57. The van der Waals surface area contributed by atoms with E-state index in [9.17, 15) is 9.59 Å². The van der Waals surface area contributed by atoms with Crippen LogP contribution in [0.1, 0.15) is 59.3 Å². The number of allylic oxidation sites excluding steroid dienone is 6. The van der Waals surface area contributed by atoms with E-state index >= 15 is 0 Å². The molecule has 0 aromatic heterocycles. The van der Waals surface area contributed by atoms with Gasteiger partial charge in [-0.3, -0.25) is 9.59 Å². The molecule has 22 heavy (non-hydrogen) atoms. The zero-order chi connectivity index (χ0) is 16.1. The van der Waals surface area contributed by atoms with Crippen LogP contribution < -0.4 is 0 Å². The number of hydrogen-bond donors (Lipinski definition) is 0. The highest BCUT2D eigenvalue weighted by atomic mass is 16.6. The summed E-state index contributed by atoms with van der Waals surface area (Å²) in [5.41, 5.74) is 4.08. The fourth-order valence-electron chi connectivity index (χ4n) is 3.12. The number of ether oxygens (including phenoxy) is 1. The van der Waals surface area contributed by atoms with Gasteiger partial charge in [-0.15, -0.1) is 0 Å². The Kier molecular flexibility index (Phi) is 5.76. The molecule has 1 fully saturated rings. The molecule has 0 aromatic carbocycles. The summed E-state index contributed by atoms with van der Waals surface area (Å²) in [6.07, 6.45) is 12.2. The lowest BCUT2D eigenvalue weighted by Gasteiger charge is -2.20. The Balaban J connectivity index is 1.78. The van der Waals surface area contributed by atoms with Crippen LogP contribution in [0.25, 0.3) is 0 Å². The van der Waals surface area contributed by atoms with Gasteiger partial charge in [0.25, 0.3) is 0 Å². The van der Waals surface area contributed by atoms with Crippen molar-refractivity contribution in [3.63, 3.8) is 0 Å². The molecule has 1 aliphatic heterocycles. The minimum Gasteiger partial charge on any atom is -0.393 e. The van der Waals surface area contributed by atoms with E-state index in [1.54, 1.807) is 0 Å². The van der Waals surface area contributed by atoms with Crippen molar-refractivity contribution in [3.8, 4) is 0 Å². The van der Waals surface area contributed by atoms with Crippen molar-refractivity contribution in [1.29, 1.82) is 0 Å². The van der Waals surface area contributed by atoms with E-state index in [-0.39, 0.29) is 23.8 Å². The number of rotatable bonds is 6. The number of carbonyl (C=O) groups is 2. The maximum Gasteiger partial charge on any atom is 0.317 e. The predicted octanol–water partition coefficient (Wildman–Crippen LogP) is 4.50.